The van der Waals surface area contributed by atoms with Gasteiger partial charge in [0, 0.05) is 24.9 Å². The van der Waals surface area contributed by atoms with E-state index in [1.54, 1.807) is 18.5 Å². The zero-order valence-electron chi connectivity index (χ0n) is 17.5. The third-order valence-corrected chi connectivity index (χ3v) is 5.80. The van der Waals surface area contributed by atoms with Crippen LogP contribution in [0.5, 0.6) is 0 Å². The number of hydrogen-bond donors (Lipinski definition) is 2. The number of pyridine rings is 1. The van der Waals surface area contributed by atoms with Gasteiger partial charge in [-0.15, -0.1) is 0 Å². The van der Waals surface area contributed by atoms with Crippen molar-refractivity contribution in [2.75, 3.05) is 11.9 Å². The quantitative estimate of drug-likeness (QED) is 0.422. The summed E-state index contributed by atoms with van der Waals surface area (Å²) in [4.78, 5) is 18.0. The van der Waals surface area contributed by atoms with E-state index < -0.39 is 10.9 Å². The van der Waals surface area contributed by atoms with Crippen LogP contribution < -0.4 is 5.32 Å². The first-order valence-corrected chi connectivity index (χ1v) is 11.4. The highest BCUT2D eigenvalue weighted by molar-refractivity contribution is 7.70. The minimum atomic E-state index is -2.83. The molecule has 1 aliphatic heterocycles. The van der Waals surface area contributed by atoms with Gasteiger partial charge in [-0.2, -0.15) is 9.19 Å². The average Bonchev–Trinajstić information content (AvgIpc) is 3.52. The second-order valence-corrected chi connectivity index (χ2v) is 8.66. The third-order valence-electron chi connectivity index (χ3n) is 5.24. The van der Waals surface area contributed by atoms with Crippen LogP contribution in [0.25, 0.3) is 22.4 Å². The van der Waals surface area contributed by atoms with Crippen molar-refractivity contribution in [3.05, 3.63) is 42.7 Å². The highest BCUT2D eigenvalue weighted by atomic mass is 32.2. The number of rotatable bonds is 6. The summed E-state index contributed by atoms with van der Waals surface area (Å²) in [6.07, 6.45) is 8.12. The molecule has 0 bridgehead atoms. The van der Waals surface area contributed by atoms with Crippen molar-refractivity contribution in [3.63, 3.8) is 0 Å². The van der Waals surface area contributed by atoms with Crippen LogP contribution in [0.3, 0.4) is 0 Å². The van der Waals surface area contributed by atoms with E-state index in [0.717, 1.165) is 40.4 Å². The normalized spacial score (nSPS) is 16.4. The molecule has 1 fully saturated rings. The number of thiol groups is 1. The van der Waals surface area contributed by atoms with Crippen molar-refractivity contribution in [1.82, 2.24) is 33.7 Å². The van der Waals surface area contributed by atoms with Gasteiger partial charge in [0.15, 0.2) is 5.82 Å². The van der Waals surface area contributed by atoms with Gasteiger partial charge >= 0.3 is 0 Å². The molecule has 4 aromatic heterocycles. The number of anilines is 2. The number of nitrogens with one attached hydrogen (secondary N) is 1. The number of fused-ring (bicyclic) bond motifs is 1. The first-order valence-electron chi connectivity index (χ1n) is 10.3. The molecule has 4 aromatic rings. The number of aromatic nitrogens is 7. The van der Waals surface area contributed by atoms with Crippen molar-refractivity contribution in [2.24, 2.45) is 0 Å². The molecule has 0 spiro atoms. The standard InChI is InChI=1S/C20H22N8O3S/c1-12(2)28-15-8-18(22-10-14(15)24-20(28)16-4-3-7-31-16)25-17-5-6-21-19(26-17)13-9-23-27(11-13)32(29)30/h5-6,8-12,16,32H,3-4,7H2,1-2H3,(H,21,22,25,26). The van der Waals surface area contributed by atoms with Crippen LogP contribution in [-0.2, 0) is 15.6 Å². The van der Waals surface area contributed by atoms with E-state index in [-0.39, 0.29) is 12.1 Å². The lowest BCUT2D eigenvalue weighted by molar-refractivity contribution is 0.101. The molecule has 1 N–H and O–H groups in total. The molecule has 5 rings (SSSR count). The fourth-order valence-electron chi connectivity index (χ4n) is 3.85. The predicted molar refractivity (Wildman–Crippen MR) is 118 cm³/mol. The molecule has 0 radical (unpaired) electrons. The molecular formula is C20H22N8O3S. The van der Waals surface area contributed by atoms with Crippen LogP contribution in [0.4, 0.5) is 11.6 Å². The molecule has 5 heterocycles. The molecular weight excluding hydrogens is 432 g/mol. The lowest BCUT2D eigenvalue weighted by Crippen LogP contribution is -2.10. The van der Waals surface area contributed by atoms with E-state index >= 15 is 0 Å². The third kappa shape index (κ3) is 3.82. The lowest BCUT2D eigenvalue weighted by atomic mass is 10.2. The second kappa shape index (κ2) is 8.28. The monoisotopic (exact) mass is 454 g/mol. The number of ether oxygens (including phenoxy) is 1. The van der Waals surface area contributed by atoms with Crippen LogP contribution in [0.15, 0.2) is 36.9 Å². The van der Waals surface area contributed by atoms with Gasteiger partial charge in [0.05, 0.1) is 29.7 Å². The van der Waals surface area contributed by atoms with E-state index in [9.17, 15) is 8.42 Å². The molecule has 166 valence electrons. The Morgan fingerprint density at radius 3 is 2.78 bits per heavy atom. The van der Waals surface area contributed by atoms with E-state index in [1.807, 2.05) is 6.07 Å². The summed E-state index contributed by atoms with van der Waals surface area (Å²) in [6, 6.07) is 3.87. The van der Waals surface area contributed by atoms with Crippen LogP contribution in [0, 0.1) is 0 Å². The van der Waals surface area contributed by atoms with Crippen LogP contribution in [0.2, 0.25) is 0 Å². The summed E-state index contributed by atoms with van der Waals surface area (Å²) in [5.74, 6) is 2.42. The maximum atomic E-state index is 11.1. The van der Waals surface area contributed by atoms with Crippen LogP contribution in [-0.4, -0.2) is 48.7 Å². The summed E-state index contributed by atoms with van der Waals surface area (Å²) in [5, 5.41) is 6.99. The topological polar surface area (TPSA) is 130 Å². The SMILES string of the molecule is CC(C)n1c(C2CCCO2)nc2cnc(Nc3ccnc(-c4cnn([SH](=O)=O)c4)n3)cc21. The van der Waals surface area contributed by atoms with Gasteiger partial charge in [0.25, 0.3) is 0 Å². The second-order valence-electron chi connectivity index (χ2n) is 7.77. The maximum Gasteiger partial charge on any atom is 0.243 e. The van der Waals surface area contributed by atoms with Crippen molar-refractivity contribution in [1.29, 1.82) is 0 Å². The molecule has 0 saturated carbocycles. The number of hydrogen-bond acceptors (Lipinski definition) is 9. The molecule has 1 unspecified atom stereocenters. The smallest absolute Gasteiger partial charge is 0.243 e. The Hall–Kier alpha value is -3.38. The van der Waals surface area contributed by atoms with Crippen molar-refractivity contribution in [3.8, 4) is 11.4 Å². The first kappa shape index (κ1) is 20.5. The zero-order valence-corrected chi connectivity index (χ0v) is 18.4. The Labute approximate surface area is 185 Å². The molecule has 32 heavy (non-hydrogen) atoms. The van der Waals surface area contributed by atoms with Crippen molar-refractivity contribution < 1.29 is 13.2 Å². The Bertz CT molecular complexity index is 1350. The molecule has 1 saturated heterocycles. The Morgan fingerprint density at radius 1 is 1.19 bits per heavy atom. The predicted octanol–water partition coefficient (Wildman–Crippen LogP) is 2.64. The summed E-state index contributed by atoms with van der Waals surface area (Å²) in [6.45, 7) is 5.01. The summed E-state index contributed by atoms with van der Waals surface area (Å²) in [7, 11) is -2.83. The van der Waals surface area contributed by atoms with E-state index in [1.165, 1.54) is 12.4 Å². The van der Waals surface area contributed by atoms with Gasteiger partial charge in [0.1, 0.15) is 29.1 Å². The highest BCUT2D eigenvalue weighted by Crippen LogP contribution is 2.33. The average molecular weight is 455 g/mol. The Balaban J connectivity index is 1.47. The molecule has 12 heteroatoms. The van der Waals surface area contributed by atoms with Gasteiger partial charge < -0.3 is 14.6 Å². The van der Waals surface area contributed by atoms with Crippen molar-refractivity contribution >= 4 is 33.6 Å². The molecule has 0 aliphatic carbocycles. The van der Waals surface area contributed by atoms with Crippen LogP contribution in [0.1, 0.15) is 44.7 Å². The summed E-state index contributed by atoms with van der Waals surface area (Å²) in [5.41, 5.74) is 2.28. The van der Waals surface area contributed by atoms with Gasteiger partial charge in [-0.3, -0.25) is 0 Å². The highest BCUT2D eigenvalue weighted by Gasteiger charge is 2.26. The minimum absolute atomic E-state index is 0.0100. The van der Waals surface area contributed by atoms with E-state index in [2.05, 4.69) is 43.8 Å². The zero-order chi connectivity index (χ0) is 22.2. The fraction of sp³-hybridized carbons (Fsp3) is 0.350. The molecule has 11 nitrogen and oxygen atoms in total. The molecule has 0 amide bonds. The number of imidazole rings is 1. The first-order chi connectivity index (χ1) is 15.5. The molecule has 0 aromatic carbocycles. The van der Waals surface area contributed by atoms with Crippen molar-refractivity contribution in [2.45, 2.75) is 38.8 Å². The van der Waals surface area contributed by atoms with E-state index in [0.29, 0.717) is 23.0 Å². The Kier molecular flexibility index (Phi) is 5.31. The maximum absolute atomic E-state index is 11.1. The van der Waals surface area contributed by atoms with Gasteiger partial charge in [-0.1, -0.05) is 0 Å². The molecule has 1 aliphatic rings. The van der Waals surface area contributed by atoms with E-state index in [4.69, 9.17) is 9.72 Å². The largest absolute Gasteiger partial charge is 0.370 e. The Morgan fingerprint density at radius 2 is 2.06 bits per heavy atom. The number of nitrogens with zero attached hydrogens (tertiary/aromatic N) is 7. The van der Waals surface area contributed by atoms with Crippen LogP contribution >= 0.6 is 0 Å². The summed E-state index contributed by atoms with van der Waals surface area (Å²) >= 11 is 0. The minimum Gasteiger partial charge on any atom is -0.370 e. The van der Waals surface area contributed by atoms with Gasteiger partial charge in [-0.05, 0) is 32.8 Å². The summed E-state index contributed by atoms with van der Waals surface area (Å²) < 4.78 is 31.1. The fourth-order valence-corrected chi connectivity index (χ4v) is 4.21. The van der Waals surface area contributed by atoms with Gasteiger partial charge in [0.2, 0.25) is 10.9 Å². The molecule has 1 atom stereocenters. The lowest BCUT2D eigenvalue weighted by Gasteiger charge is -2.16. The van der Waals surface area contributed by atoms with Gasteiger partial charge in [-0.25, -0.2) is 28.4 Å².